The van der Waals surface area contributed by atoms with Crippen molar-refractivity contribution >= 4 is 22.3 Å². The molecule has 0 aliphatic carbocycles. The van der Waals surface area contributed by atoms with Gasteiger partial charge in [-0.15, -0.1) is 0 Å². The largest absolute Gasteiger partial charge is 0.242 e. The number of hydrogen-bond donors (Lipinski definition) is 1. The smallest absolute Gasteiger partial charge is 0.0975 e. The van der Waals surface area contributed by atoms with Crippen molar-refractivity contribution in [1.82, 2.24) is 4.72 Å². The van der Waals surface area contributed by atoms with Gasteiger partial charge in [0.2, 0.25) is 0 Å². The summed E-state index contributed by atoms with van der Waals surface area (Å²) in [5, 5.41) is 4.12. The first kappa shape index (κ1) is 11.9. The Hall–Kier alpha value is -0.190. The maximum Gasteiger partial charge on any atom is 0.0975 e. The van der Waals surface area contributed by atoms with E-state index in [0.29, 0.717) is 0 Å². The quantitative estimate of drug-likeness (QED) is 0.851. The third kappa shape index (κ3) is 3.19. The lowest BCUT2D eigenvalue weighted by atomic mass is 10.2. The molecule has 0 bridgehead atoms. The highest BCUT2D eigenvalue weighted by molar-refractivity contribution is 7.84. The van der Waals surface area contributed by atoms with Crippen molar-refractivity contribution in [2.24, 2.45) is 0 Å². The van der Waals surface area contributed by atoms with Crippen LogP contribution in [0.15, 0.2) is 16.8 Å². The highest BCUT2D eigenvalue weighted by Crippen LogP contribution is 2.18. The fourth-order valence-electron chi connectivity index (χ4n) is 0.927. The first-order valence-corrected chi connectivity index (χ1v) is 6.70. The minimum absolute atomic E-state index is 0.154. The van der Waals surface area contributed by atoms with Gasteiger partial charge in [-0.3, -0.25) is 0 Å². The van der Waals surface area contributed by atoms with E-state index in [0.717, 1.165) is 0 Å². The van der Waals surface area contributed by atoms with Crippen LogP contribution in [-0.2, 0) is 11.0 Å². The third-order valence-corrected chi connectivity index (χ3v) is 4.26. The van der Waals surface area contributed by atoms with Gasteiger partial charge in [0.1, 0.15) is 0 Å². The van der Waals surface area contributed by atoms with Gasteiger partial charge in [-0.2, -0.15) is 11.3 Å². The fourth-order valence-corrected chi connectivity index (χ4v) is 2.49. The summed E-state index contributed by atoms with van der Waals surface area (Å²) in [4.78, 5) is 0. The number of thiophene rings is 1. The Balaban J connectivity index is 2.58. The molecule has 0 fully saturated rings. The summed E-state index contributed by atoms with van der Waals surface area (Å²) in [6.07, 6.45) is 0. The molecule has 1 rings (SSSR count). The normalized spacial score (nSPS) is 16.6. The van der Waals surface area contributed by atoms with Crippen molar-refractivity contribution in [1.29, 1.82) is 0 Å². The van der Waals surface area contributed by atoms with Crippen LogP contribution in [0.4, 0.5) is 0 Å². The molecule has 1 N–H and O–H groups in total. The summed E-state index contributed by atoms with van der Waals surface area (Å²) >= 11 is 1.66. The standard InChI is InChI=1S/C10H17NOS2/c1-8(9-5-6-13-7-9)11-14(12)10(2,3)4/h5-8,11H,1-4H3/t8-,14-/m1/s1. The Morgan fingerprint density at radius 1 is 1.50 bits per heavy atom. The molecule has 0 spiro atoms. The van der Waals surface area contributed by atoms with E-state index in [-0.39, 0.29) is 10.8 Å². The zero-order valence-corrected chi connectivity index (χ0v) is 10.7. The van der Waals surface area contributed by atoms with E-state index in [1.165, 1.54) is 5.56 Å². The lowest BCUT2D eigenvalue weighted by Crippen LogP contribution is -2.34. The van der Waals surface area contributed by atoms with E-state index in [9.17, 15) is 4.21 Å². The van der Waals surface area contributed by atoms with Gasteiger partial charge in [0.25, 0.3) is 0 Å². The van der Waals surface area contributed by atoms with Crippen molar-refractivity contribution in [3.05, 3.63) is 22.4 Å². The van der Waals surface area contributed by atoms with E-state index in [1.807, 2.05) is 33.1 Å². The molecular weight excluding hydrogens is 214 g/mol. The minimum atomic E-state index is -0.997. The highest BCUT2D eigenvalue weighted by atomic mass is 32.2. The molecule has 0 saturated heterocycles. The molecule has 2 nitrogen and oxygen atoms in total. The summed E-state index contributed by atoms with van der Waals surface area (Å²) in [7, 11) is -0.997. The summed E-state index contributed by atoms with van der Waals surface area (Å²) in [6.45, 7) is 7.94. The Labute approximate surface area is 92.3 Å². The molecule has 0 radical (unpaired) electrons. The van der Waals surface area contributed by atoms with Crippen molar-refractivity contribution < 1.29 is 4.21 Å². The molecule has 0 unspecified atom stereocenters. The minimum Gasteiger partial charge on any atom is -0.242 e. The SMILES string of the molecule is C[C@@H](N[S@](=O)C(C)(C)C)c1ccsc1. The second-order valence-electron chi connectivity index (χ2n) is 4.28. The summed E-state index contributed by atoms with van der Waals surface area (Å²) in [6, 6.07) is 2.21. The van der Waals surface area contributed by atoms with Crippen LogP contribution >= 0.6 is 11.3 Å². The summed E-state index contributed by atoms with van der Waals surface area (Å²) in [5.41, 5.74) is 1.20. The van der Waals surface area contributed by atoms with E-state index >= 15 is 0 Å². The average Bonchev–Trinajstić information content (AvgIpc) is 2.53. The van der Waals surface area contributed by atoms with Gasteiger partial charge < -0.3 is 0 Å². The van der Waals surface area contributed by atoms with Crippen molar-refractivity contribution in [2.75, 3.05) is 0 Å². The van der Waals surface area contributed by atoms with Crippen molar-refractivity contribution in [2.45, 2.75) is 38.5 Å². The molecule has 0 aromatic carbocycles. The third-order valence-electron chi connectivity index (χ3n) is 1.88. The van der Waals surface area contributed by atoms with Crippen LogP contribution in [0.2, 0.25) is 0 Å². The van der Waals surface area contributed by atoms with Crippen molar-refractivity contribution in [3.8, 4) is 0 Å². The molecule has 1 aromatic rings. The van der Waals surface area contributed by atoms with Crippen LogP contribution < -0.4 is 4.72 Å². The van der Waals surface area contributed by atoms with Crippen molar-refractivity contribution in [3.63, 3.8) is 0 Å². The highest BCUT2D eigenvalue weighted by Gasteiger charge is 2.21. The number of rotatable bonds is 3. The Bertz CT molecular complexity index is 300. The second kappa shape index (κ2) is 4.55. The molecule has 4 heteroatoms. The summed E-state index contributed by atoms with van der Waals surface area (Å²) < 4.78 is 14.7. The maximum atomic E-state index is 11.8. The van der Waals surface area contributed by atoms with Crippen LogP contribution in [0.25, 0.3) is 0 Å². The van der Waals surface area contributed by atoms with Crippen LogP contribution in [-0.4, -0.2) is 8.96 Å². The molecule has 1 heterocycles. The molecular formula is C10H17NOS2. The Morgan fingerprint density at radius 3 is 2.57 bits per heavy atom. The molecule has 0 saturated carbocycles. The lowest BCUT2D eigenvalue weighted by Gasteiger charge is -2.21. The Morgan fingerprint density at radius 2 is 2.14 bits per heavy atom. The summed E-state index contributed by atoms with van der Waals surface area (Å²) in [5.74, 6) is 0. The Kier molecular flexibility index (Phi) is 3.86. The molecule has 0 amide bonds. The van der Waals surface area contributed by atoms with E-state index < -0.39 is 11.0 Å². The molecule has 0 aliphatic heterocycles. The molecule has 0 aliphatic rings. The van der Waals surface area contributed by atoms with Crippen LogP contribution in [0, 0.1) is 0 Å². The number of nitrogens with one attached hydrogen (secondary N) is 1. The zero-order valence-electron chi connectivity index (χ0n) is 9.03. The second-order valence-corrected chi connectivity index (χ2v) is 7.06. The molecule has 14 heavy (non-hydrogen) atoms. The van der Waals surface area contributed by atoms with E-state index in [4.69, 9.17) is 0 Å². The molecule has 1 aromatic heterocycles. The topological polar surface area (TPSA) is 29.1 Å². The van der Waals surface area contributed by atoms with E-state index in [1.54, 1.807) is 11.3 Å². The van der Waals surface area contributed by atoms with Gasteiger partial charge in [0.15, 0.2) is 0 Å². The lowest BCUT2D eigenvalue weighted by molar-refractivity contribution is 0.616. The first-order chi connectivity index (χ1) is 6.41. The van der Waals surface area contributed by atoms with Gasteiger partial charge in [-0.25, -0.2) is 8.93 Å². The van der Waals surface area contributed by atoms with Gasteiger partial charge >= 0.3 is 0 Å². The zero-order chi connectivity index (χ0) is 10.8. The van der Waals surface area contributed by atoms with Crippen LogP contribution in [0.5, 0.6) is 0 Å². The average molecular weight is 231 g/mol. The monoisotopic (exact) mass is 231 g/mol. The van der Waals surface area contributed by atoms with Gasteiger partial charge in [0, 0.05) is 6.04 Å². The predicted octanol–water partition coefficient (Wildman–Crippen LogP) is 2.86. The van der Waals surface area contributed by atoms with Gasteiger partial charge in [0.05, 0.1) is 15.7 Å². The maximum absolute atomic E-state index is 11.8. The van der Waals surface area contributed by atoms with Crippen LogP contribution in [0.3, 0.4) is 0 Å². The molecule has 2 atom stereocenters. The van der Waals surface area contributed by atoms with Gasteiger partial charge in [-0.05, 0) is 50.1 Å². The predicted molar refractivity (Wildman–Crippen MR) is 63.8 cm³/mol. The number of hydrogen-bond acceptors (Lipinski definition) is 2. The van der Waals surface area contributed by atoms with E-state index in [2.05, 4.69) is 16.2 Å². The van der Waals surface area contributed by atoms with Crippen LogP contribution in [0.1, 0.15) is 39.3 Å². The molecule has 80 valence electrons. The van der Waals surface area contributed by atoms with Gasteiger partial charge in [-0.1, -0.05) is 0 Å². The first-order valence-electron chi connectivity index (χ1n) is 4.61. The fraction of sp³-hybridized carbons (Fsp3) is 0.600.